The normalized spacial score (nSPS) is 11.3. The summed E-state index contributed by atoms with van der Waals surface area (Å²) in [4.78, 5) is 20.8. The predicted molar refractivity (Wildman–Crippen MR) is 92.3 cm³/mol. The van der Waals surface area contributed by atoms with Crippen molar-refractivity contribution < 1.29 is 9.53 Å². The van der Waals surface area contributed by atoms with Crippen molar-refractivity contribution in [2.75, 3.05) is 7.11 Å². The molecule has 1 aromatic carbocycles. The van der Waals surface area contributed by atoms with E-state index in [4.69, 9.17) is 4.74 Å². The highest BCUT2D eigenvalue weighted by Crippen LogP contribution is 2.12. The molecule has 0 saturated heterocycles. The van der Waals surface area contributed by atoms with E-state index >= 15 is 0 Å². The molecule has 4 nitrogen and oxygen atoms in total. The van der Waals surface area contributed by atoms with E-state index in [1.54, 1.807) is 19.3 Å². The molecule has 1 aromatic heterocycles. The molecule has 2 aromatic rings. The van der Waals surface area contributed by atoms with Crippen LogP contribution in [0.5, 0.6) is 5.75 Å². The molecule has 118 valence electrons. The van der Waals surface area contributed by atoms with E-state index in [0.29, 0.717) is 0 Å². The number of carbonyl (C=O) groups is 1. The van der Waals surface area contributed by atoms with Gasteiger partial charge in [-0.2, -0.15) is 0 Å². The van der Waals surface area contributed by atoms with Crippen LogP contribution in [-0.2, 0) is 4.79 Å². The van der Waals surface area contributed by atoms with Gasteiger partial charge in [-0.05, 0) is 56.7 Å². The highest BCUT2D eigenvalue weighted by atomic mass is 16.5. The summed E-state index contributed by atoms with van der Waals surface area (Å²) in [5, 5.41) is 0. The molecule has 0 aliphatic carbocycles. The van der Waals surface area contributed by atoms with Crippen LogP contribution in [0.3, 0.4) is 0 Å². The number of ether oxygens (including phenoxy) is 1. The zero-order valence-corrected chi connectivity index (χ0v) is 13.8. The van der Waals surface area contributed by atoms with E-state index in [0.717, 1.165) is 34.1 Å². The minimum Gasteiger partial charge on any atom is -0.497 e. The first kappa shape index (κ1) is 16.6. The van der Waals surface area contributed by atoms with Gasteiger partial charge in [-0.15, -0.1) is 0 Å². The average Bonchev–Trinajstić information content (AvgIpc) is 2.55. The summed E-state index contributed by atoms with van der Waals surface area (Å²) in [5.41, 5.74) is 4.26. The highest BCUT2D eigenvalue weighted by Gasteiger charge is 2.02. The van der Waals surface area contributed by atoms with Crippen LogP contribution in [0.4, 0.5) is 0 Å². The Hall–Kier alpha value is -2.75. The molecule has 0 radical (unpaired) electrons. The first-order chi connectivity index (χ1) is 11.0. The lowest BCUT2D eigenvalue weighted by Gasteiger charge is -2.03. The predicted octanol–water partition coefficient (Wildman–Crippen LogP) is 3.71. The molecular weight excluding hydrogens is 288 g/mol. The number of methoxy groups -OCH3 is 1. The standard InChI is InChI=1S/C19H20N2O2/c1-13-14(2)21-19(15(3)20-13)12-9-17(22)8-5-16-6-10-18(23-4)11-7-16/h5-12H,1-4H3/b8-5+,12-9+. The monoisotopic (exact) mass is 308 g/mol. The van der Waals surface area contributed by atoms with Crippen LogP contribution in [0.1, 0.15) is 28.3 Å². The maximum absolute atomic E-state index is 11.9. The van der Waals surface area contributed by atoms with Crippen LogP contribution < -0.4 is 4.74 Å². The van der Waals surface area contributed by atoms with Gasteiger partial charge in [-0.25, -0.2) is 4.98 Å². The van der Waals surface area contributed by atoms with E-state index in [1.165, 1.54) is 12.2 Å². The van der Waals surface area contributed by atoms with Crippen LogP contribution in [-0.4, -0.2) is 22.9 Å². The number of allylic oxidation sites excluding steroid dienone is 2. The van der Waals surface area contributed by atoms with Crippen molar-refractivity contribution in [3.8, 4) is 5.75 Å². The maximum Gasteiger partial charge on any atom is 0.178 e. The SMILES string of the molecule is COc1ccc(/C=C/C(=O)/C=C/c2nc(C)c(C)nc2C)cc1. The summed E-state index contributed by atoms with van der Waals surface area (Å²) in [6.45, 7) is 5.72. The minimum atomic E-state index is -0.0970. The molecule has 2 rings (SSSR count). The van der Waals surface area contributed by atoms with Gasteiger partial charge < -0.3 is 4.74 Å². The van der Waals surface area contributed by atoms with Crippen LogP contribution in [0.25, 0.3) is 12.2 Å². The summed E-state index contributed by atoms with van der Waals surface area (Å²) in [6.07, 6.45) is 6.51. The second kappa shape index (κ2) is 7.49. The number of rotatable bonds is 5. The number of hydrogen-bond acceptors (Lipinski definition) is 4. The molecule has 0 amide bonds. The van der Waals surface area contributed by atoms with E-state index in [2.05, 4.69) is 9.97 Å². The summed E-state index contributed by atoms with van der Waals surface area (Å²) >= 11 is 0. The van der Waals surface area contributed by atoms with Gasteiger partial charge in [0.05, 0.1) is 29.9 Å². The summed E-state index contributed by atoms with van der Waals surface area (Å²) in [6, 6.07) is 7.50. The number of aryl methyl sites for hydroxylation is 3. The van der Waals surface area contributed by atoms with E-state index < -0.39 is 0 Å². The van der Waals surface area contributed by atoms with E-state index in [9.17, 15) is 4.79 Å². The summed E-state index contributed by atoms with van der Waals surface area (Å²) in [7, 11) is 1.62. The van der Waals surface area contributed by atoms with Gasteiger partial charge in [0.15, 0.2) is 5.78 Å². The van der Waals surface area contributed by atoms with Crippen molar-refractivity contribution in [1.82, 2.24) is 9.97 Å². The largest absolute Gasteiger partial charge is 0.497 e. The Morgan fingerprint density at radius 3 is 2.17 bits per heavy atom. The molecule has 0 atom stereocenters. The third-order valence-corrected chi connectivity index (χ3v) is 3.48. The quantitative estimate of drug-likeness (QED) is 0.790. The van der Waals surface area contributed by atoms with Crippen molar-refractivity contribution in [3.05, 3.63) is 64.8 Å². The van der Waals surface area contributed by atoms with Gasteiger partial charge in [-0.1, -0.05) is 18.2 Å². The zero-order chi connectivity index (χ0) is 16.8. The Balaban J connectivity index is 2.06. The smallest absolute Gasteiger partial charge is 0.178 e. The second-order valence-corrected chi connectivity index (χ2v) is 5.21. The molecule has 0 N–H and O–H groups in total. The molecule has 0 aliphatic heterocycles. The lowest BCUT2D eigenvalue weighted by Crippen LogP contribution is -1.99. The molecule has 0 aliphatic rings. The fourth-order valence-electron chi connectivity index (χ4n) is 2.00. The first-order valence-electron chi connectivity index (χ1n) is 7.35. The van der Waals surface area contributed by atoms with Crippen molar-refractivity contribution in [1.29, 1.82) is 0 Å². The Kier molecular flexibility index (Phi) is 5.41. The highest BCUT2D eigenvalue weighted by molar-refractivity contribution is 6.04. The average molecular weight is 308 g/mol. The van der Waals surface area contributed by atoms with Crippen LogP contribution in [0.15, 0.2) is 36.4 Å². The van der Waals surface area contributed by atoms with Crippen molar-refractivity contribution in [3.63, 3.8) is 0 Å². The lowest BCUT2D eigenvalue weighted by atomic mass is 10.1. The van der Waals surface area contributed by atoms with Gasteiger partial charge in [0.25, 0.3) is 0 Å². The fourth-order valence-corrected chi connectivity index (χ4v) is 2.00. The molecule has 1 heterocycles. The molecule has 0 bridgehead atoms. The Morgan fingerprint density at radius 1 is 0.913 bits per heavy atom. The molecule has 0 saturated carbocycles. The van der Waals surface area contributed by atoms with Gasteiger partial charge in [0.1, 0.15) is 5.75 Å². The van der Waals surface area contributed by atoms with Crippen molar-refractivity contribution in [2.24, 2.45) is 0 Å². The van der Waals surface area contributed by atoms with Gasteiger partial charge in [-0.3, -0.25) is 9.78 Å². The lowest BCUT2D eigenvalue weighted by molar-refractivity contribution is -0.110. The molecular formula is C19H20N2O2. The molecule has 0 unspecified atom stereocenters. The second-order valence-electron chi connectivity index (χ2n) is 5.21. The topological polar surface area (TPSA) is 52.1 Å². The minimum absolute atomic E-state index is 0.0970. The number of ketones is 1. The first-order valence-corrected chi connectivity index (χ1v) is 7.35. The Labute approximate surface area is 136 Å². The van der Waals surface area contributed by atoms with Crippen LogP contribution in [0.2, 0.25) is 0 Å². The van der Waals surface area contributed by atoms with Crippen molar-refractivity contribution >= 4 is 17.9 Å². The van der Waals surface area contributed by atoms with Gasteiger partial charge in [0, 0.05) is 0 Å². The van der Waals surface area contributed by atoms with Gasteiger partial charge in [0.2, 0.25) is 0 Å². The molecule has 0 spiro atoms. The van der Waals surface area contributed by atoms with Crippen molar-refractivity contribution in [2.45, 2.75) is 20.8 Å². The van der Waals surface area contributed by atoms with Gasteiger partial charge >= 0.3 is 0 Å². The number of hydrogen-bond donors (Lipinski definition) is 0. The molecule has 23 heavy (non-hydrogen) atoms. The third kappa shape index (κ3) is 4.61. The molecule has 0 fully saturated rings. The fraction of sp³-hybridized carbons (Fsp3) is 0.211. The number of carbonyl (C=O) groups excluding carboxylic acids is 1. The number of aromatic nitrogens is 2. The number of benzene rings is 1. The van der Waals surface area contributed by atoms with Crippen LogP contribution >= 0.6 is 0 Å². The number of nitrogens with zero attached hydrogens (tertiary/aromatic N) is 2. The van der Waals surface area contributed by atoms with Crippen LogP contribution in [0, 0.1) is 20.8 Å². The Morgan fingerprint density at radius 2 is 1.52 bits per heavy atom. The van der Waals surface area contributed by atoms with E-state index in [1.807, 2.05) is 45.0 Å². The zero-order valence-electron chi connectivity index (χ0n) is 13.8. The summed E-state index contributed by atoms with van der Waals surface area (Å²) < 4.78 is 5.10. The van der Waals surface area contributed by atoms with E-state index in [-0.39, 0.29) is 5.78 Å². The summed E-state index contributed by atoms with van der Waals surface area (Å²) in [5.74, 6) is 0.692. The molecule has 4 heteroatoms. The Bertz CT molecular complexity index is 760. The third-order valence-electron chi connectivity index (χ3n) is 3.48. The maximum atomic E-state index is 11.9.